The predicted molar refractivity (Wildman–Crippen MR) is 127 cm³/mol. The molecule has 0 radical (unpaired) electrons. The van der Waals surface area contributed by atoms with Crippen molar-refractivity contribution in [1.82, 2.24) is 16.0 Å². The first-order valence-corrected chi connectivity index (χ1v) is 11.2. The molecule has 0 heterocycles. The standard InChI is InChI=1S/C22H39N7O3/c23-12-5-14-26-13-3-4-15-27-21(32)19(16-30)29-20(31)7-2-1-6-17-8-10-18(11-9-17)28-22(24)25/h8-11,19,26,30H,1-7,12-16,23H2,(H,27,32)(H,29,31)(H4,24,25,28)/t19-/m0/s1. The van der Waals surface area contributed by atoms with E-state index < -0.39 is 12.6 Å². The van der Waals surface area contributed by atoms with Gasteiger partial charge in [-0.15, -0.1) is 0 Å². The Balaban J connectivity index is 2.17. The second kappa shape index (κ2) is 16.9. The van der Waals surface area contributed by atoms with E-state index >= 15 is 0 Å². The zero-order valence-corrected chi connectivity index (χ0v) is 18.8. The Kier molecular flexibility index (Phi) is 14.5. The summed E-state index contributed by atoms with van der Waals surface area (Å²) in [5, 5.41) is 28.0. The molecule has 0 bridgehead atoms. The van der Waals surface area contributed by atoms with Crippen molar-refractivity contribution in [3.8, 4) is 0 Å². The molecule has 0 saturated heterocycles. The van der Waals surface area contributed by atoms with Gasteiger partial charge in [0, 0.05) is 18.7 Å². The molecule has 0 fully saturated rings. The molecule has 180 valence electrons. The highest BCUT2D eigenvalue weighted by molar-refractivity contribution is 5.89. The molecule has 0 aliphatic rings. The van der Waals surface area contributed by atoms with Crippen LogP contribution < -0.4 is 32.7 Å². The average molecular weight is 450 g/mol. The highest BCUT2D eigenvalue weighted by atomic mass is 16.3. The van der Waals surface area contributed by atoms with E-state index in [1.807, 2.05) is 24.3 Å². The number of anilines is 1. The van der Waals surface area contributed by atoms with Gasteiger partial charge in [-0.25, -0.2) is 0 Å². The van der Waals surface area contributed by atoms with Crippen LogP contribution in [0.2, 0.25) is 0 Å². The lowest BCUT2D eigenvalue weighted by Crippen LogP contribution is -2.49. The van der Waals surface area contributed by atoms with Crippen LogP contribution in [0.25, 0.3) is 0 Å². The molecule has 1 aromatic carbocycles. The van der Waals surface area contributed by atoms with Gasteiger partial charge in [0.25, 0.3) is 0 Å². The third kappa shape index (κ3) is 12.9. The lowest BCUT2D eigenvalue weighted by atomic mass is 10.1. The van der Waals surface area contributed by atoms with Gasteiger partial charge < -0.3 is 37.8 Å². The third-order valence-electron chi connectivity index (χ3n) is 4.82. The number of aliphatic hydroxyl groups is 1. The summed E-state index contributed by atoms with van der Waals surface area (Å²) in [6.07, 6.45) is 5.30. The van der Waals surface area contributed by atoms with E-state index in [4.69, 9.17) is 16.9 Å². The quantitative estimate of drug-likeness (QED) is 0.0937. The molecule has 0 aliphatic carbocycles. The van der Waals surface area contributed by atoms with Crippen molar-refractivity contribution in [2.45, 2.75) is 51.0 Å². The number of hydrogen-bond acceptors (Lipinski definition) is 6. The van der Waals surface area contributed by atoms with E-state index in [0.29, 0.717) is 25.9 Å². The first-order chi connectivity index (χ1) is 15.5. The number of carbonyl (C=O) groups is 2. The Hall–Kier alpha value is -2.69. The van der Waals surface area contributed by atoms with Gasteiger partial charge in [0.05, 0.1) is 6.61 Å². The van der Waals surface area contributed by atoms with E-state index in [-0.39, 0.29) is 17.8 Å². The van der Waals surface area contributed by atoms with Crippen LogP contribution in [0.5, 0.6) is 0 Å². The number of aryl methyl sites for hydroxylation is 1. The fourth-order valence-corrected chi connectivity index (χ4v) is 3.05. The Bertz CT molecular complexity index is 683. The average Bonchev–Trinajstić information content (AvgIpc) is 2.77. The molecule has 0 unspecified atom stereocenters. The number of nitrogens with one attached hydrogen (secondary N) is 5. The lowest BCUT2D eigenvalue weighted by molar-refractivity contribution is -0.130. The van der Waals surface area contributed by atoms with Crippen LogP contribution in [0.1, 0.15) is 44.1 Å². The smallest absolute Gasteiger partial charge is 0.244 e. The fourth-order valence-electron chi connectivity index (χ4n) is 3.05. The maximum atomic E-state index is 12.2. The maximum absolute atomic E-state index is 12.2. The Morgan fingerprint density at radius 2 is 1.69 bits per heavy atom. The number of rotatable bonds is 17. The minimum Gasteiger partial charge on any atom is -0.394 e. The molecule has 1 atom stereocenters. The Morgan fingerprint density at radius 1 is 1.00 bits per heavy atom. The van der Waals surface area contributed by atoms with Crippen LogP contribution >= 0.6 is 0 Å². The summed E-state index contributed by atoms with van der Waals surface area (Å²) in [7, 11) is 0. The Labute approximate surface area is 190 Å². The number of carbonyl (C=O) groups excluding carboxylic acids is 2. The summed E-state index contributed by atoms with van der Waals surface area (Å²) >= 11 is 0. The number of amides is 2. The van der Waals surface area contributed by atoms with Gasteiger partial charge >= 0.3 is 0 Å². The van der Waals surface area contributed by atoms with Gasteiger partial charge in [-0.3, -0.25) is 15.0 Å². The first kappa shape index (κ1) is 27.3. The van der Waals surface area contributed by atoms with Crippen LogP contribution in [-0.4, -0.2) is 61.7 Å². The molecule has 0 saturated carbocycles. The van der Waals surface area contributed by atoms with E-state index in [0.717, 1.165) is 56.4 Å². The topological polar surface area (TPSA) is 178 Å². The SMILES string of the molecule is N=C(N)Nc1ccc(CCCCC(=O)N[C@@H](CO)C(=O)NCCCCNCCCN)cc1. The van der Waals surface area contributed by atoms with E-state index in [2.05, 4.69) is 21.3 Å². The number of aliphatic hydroxyl groups excluding tert-OH is 1. The van der Waals surface area contributed by atoms with Crippen LogP contribution in [0.3, 0.4) is 0 Å². The molecule has 10 N–H and O–H groups in total. The summed E-state index contributed by atoms with van der Waals surface area (Å²) in [4.78, 5) is 24.3. The minimum atomic E-state index is -0.925. The monoisotopic (exact) mass is 449 g/mol. The van der Waals surface area contributed by atoms with Crippen LogP contribution in [0.4, 0.5) is 5.69 Å². The summed E-state index contributed by atoms with van der Waals surface area (Å²) in [5.41, 5.74) is 12.6. The molecular weight excluding hydrogens is 410 g/mol. The van der Waals surface area contributed by atoms with Gasteiger partial charge in [-0.2, -0.15) is 0 Å². The molecular formula is C22H39N7O3. The Morgan fingerprint density at radius 3 is 2.34 bits per heavy atom. The van der Waals surface area contributed by atoms with Crippen molar-refractivity contribution < 1.29 is 14.7 Å². The van der Waals surface area contributed by atoms with Crippen LogP contribution in [0, 0.1) is 5.41 Å². The largest absolute Gasteiger partial charge is 0.394 e. The molecule has 1 aromatic rings. The number of nitrogens with two attached hydrogens (primary N) is 2. The summed E-state index contributed by atoms with van der Waals surface area (Å²) in [6.45, 7) is 2.51. The molecule has 10 heteroatoms. The third-order valence-corrected chi connectivity index (χ3v) is 4.82. The van der Waals surface area contributed by atoms with Crippen molar-refractivity contribution in [2.24, 2.45) is 11.5 Å². The molecule has 10 nitrogen and oxygen atoms in total. The summed E-state index contributed by atoms with van der Waals surface area (Å²) < 4.78 is 0. The number of unbranched alkanes of at least 4 members (excludes halogenated alkanes) is 2. The van der Waals surface area contributed by atoms with Crippen molar-refractivity contribution in [3.63, 3.8) is 0 Å². The fraction of sp³-hybridized carbons (Fsp3) is 0.591. The van der Waals surface area contributed by atoms with Gasteiger partial charge in [0.2, 0.25) is 11.8 Å². The lowest BCUT2D eigenvalue weighted by Gasteiger charge is -2.16. The van der Waals surface area contributed by atoms with E-state index in [1.165, 1.54) is 0 Å². The second-order valence-corrected chi connectivity index (χ2v) is 7.64. The first-order valence-electron chi connectivity index (χ1n) is 11.2. The summed E-state index contributed by atoms with van der Waals surface area (Å²) in [5.74, 6) is -0.717. The molecule has 32 heavy (non-hydrogen) atoms. The second-order valence-electron chi connectivity index (χ2n) is 7.64. The number of hydrogen-bond donors (Lipinski definition) is 8. The van der Waals surface area contributed by atoms with Gasteiger partial charge in [0.1, 0.15) is 6.04 Å². The van der Waals surface area contributed by atoms with Gasteiger partial charge in [-0.05, 0) is 75.9 Å². The predicted octanol–water partition coefficient (Wildman–Crippen LogP) is 0.0167. The minimum absolute atomic E-state index is 0.106. The van der Waals surface area contributed by atoms with Crippen LogP contribution in [0.15, 0.2) is 24.3 Å². The molecule has 1 rings (SSSR count). The summed E-state index contributed by atoms with van der Waals surface area (Å²) in [6, 6.07) is 6.69. The van der Waals surface area contributed by atoms with Gasteiger partial charge in [0.15, 0.2) is 5.96 Å². The number of guanidine groups is 1. The zero-order valence-electron chi connectivity index (χ0n) is 18.8. The van der Waals surface area contributed by atoms with Crippen molar-refractivity contribution in [1.29, 1.82) is 5.41 Å². The molecule has 2 amide bonds. The van der Waals surface area contributed by atoms with Crippen molar-refractivity contribution >= 4 is 23.5 Å². The zero-order chi connectivity index (χ0) is 23.6. The highest BCUT2D eigenvalue weighted by Crippen LogP contribution is 2.12. The highest BCUT2D eigenvalue weighted by Gasteiger charge is 2.19. The molecule has 0 aromatic heterocycles. The normalized spacial score (nSPS) is 11.6. The molecule has 0 spiro atoms. The number of benzene rings is 1. The van der Waals surface area contributed by atoms with Crippen LogP contribution in [-0.2, 0) is 16.0 Å². The van der Waals surface area contributed by atoms with Crippen molar-refractivity contribution in [3.05, 3.63) is 29.8 Å². The van der Waals surface area contributed by atoms with Crippen molar-refractivity contribution in [2.75, 3.05) is 38.1 Å². The van der Waals surface area contributed by atoms with Gasteiger partial charge in [-0.1, -0.05) is 12.1 Å². The van der Waals surface area contributed by atoms with E-state index in [1.54, 1.807) is 0 Å². The maximum Gasteiger partial charge on any atom is 0.244 e. The molecule has 0 aliphatic heterocycles. The van der Waals surface area contributed by atoms with E-state index in [9.17, 15) is 14.7 Å².